The molecule has 0 amide bonds. The predicted octanol–water partition coefficient (Wildman–Crippen LogP) is 3.44. The van der Waals surface area contributed by atoms with Crippen molar-refractivity contribution < 1.29 is 18.7 Å². The van der Waals surface area contributed by atoms with E-state index in [1.807, 2.05) is 18.2 Å². The predicted molar refractivity (Wildman–Crippen MR) is 66.5 cm³/mol. The quantitative estimate of drug-likeness (QED) is 0.766. The Balaban J connectivity index is 2.23. The average molecular weight is 244 g/mol. The fourth-order valence-electron chi connectivity index (χ4n) is 2.22. The molecule has 1 atom stereocenters. The Morgan fingerprint density at radius 2 is 2.11 bits per heavy atom. The number of fused-ring (bicyclic) bond motifs is 2. The van der Waals surface area contributed by atoms with Gasteiger partial charge in [-0.05, 0) is 24.6 Å². The van der Waals surface area contributed by atoms with E-state index in [1.165, 1.54) is 0 Å². The first kappa shape index (κ1) is 10.9. The van der Waals surface area contributed by atoms with Crippen molar-refractivity contribution in [1.82, 2.24) is 0 Å². The van der Waals surface area contributed by atoms with Crippen LogP contribution in [0, 0.1) is 5.92 Å². The minimum Gasteiger partial charge on any atom is -0.481 e. The summed E-state index contributed by atoms with van der Waals surface area (Å²) in [6.45, 7) is 1.69. The molecule has 0 saturated heterocycles. The van der Waals surface area contributed by atoms with Crippen LogP contribution in [0.5, 0.6) is 0 Å². The highest BCUT2D eigenvalue weighted by atomic mass is 16.4. The highest BCUT2D eigenvalue weighted by molar-refractivity contribution is 5.97. The van der Waals surface area contributed by atoms with E-state index in [9.17, 15) is 4.79 Å². The maximum Gasteiger partial charge on any atom is 0.306 e. The molecule has 1 aromatic carbocycles. The number of furan rings is 2. The minimum absolute atomic E-state index is 0.427. The third-order valence-electron chi connectivity index (χ3n) is 3.21. The highest BCUT2D eigenvalue weighted by Gasteiger charge is 2.18. The molecule has 18 heavy (non-hydrogen) atoms. The first-order valence-electron chi connectivity index (χ1n) is 5.76. The minimum atomic E-state index is -0.810. The number of rotatable bonds is 3. The zero-order valence-electron chi connectivity index (χ0n) is 9.84. The van der Waals surface area contributed by atoms with Crippen molar-refractivity contribution in [3.63, 3.8) is 0 Å². The van der Waals surface area contributed by atoms with Crippen LogP contribution >= 0.6 is 0 Å². The van der Waals surface area contributed by atoms with Crippen molar-refractivity contribution in [3.05, 3.63) is 36.3 Å². The topological polar surface area (TPSA) is 63.6 Å². The lowest BCUT2D eigenvalue weighted by Crippen LogP contribution is -2.12. The summed E-state index contributed by atoms with van der Waals surface area (Å²) in [6.07, 6.45) is 3.65. The van der Waals surface area contributed by atoms with Gasteiger partial charge in [0.2, 0.25) is 0 Å². The van der Waals surface area contributed by atoms with Crippen LogP contribution in [0.4, 0.5) is 0 Å². The van der Waals surface area contributed by atoms with Gasteiger partial charge in [-0.15, -0.1) is 0 Å². The van der Waals surface area contributed by atoms with Crippen molar-refractivity contribution >= 4 is 27.9 Å². The molecule has 2 heterocycles. The maximum atomic E-state index is 11.0. The van der Waals surface area contributed by atoms with Crippen molar-refractivity contribution in [2.75, 3.05) is 0 Å². The van der Waals surface area contributed by atoms with Crippen LogP contribution in [0.2, 0.25) is 0 Å². The van der Waals surface area contributed by atoms with Gasteiger partial charge in [0.05, 0.1) is 18.4 Å². The fourth-order valence-corrected chi connectivity index (χ4v) is 2.22. The SMILES string of the molecule is CC(Cc1c2ccoc2cc2ccoc12)C(=O)O. The summed E-state index contributed by atoms with van der Waals surface area (Å²) in [4.78, 5) is 11.0. The molecule has 0 aliphatic carbocycles. The molecule has 0 aliphatic heterocycles. The van der Waals surface area contributed by atoms with E-state index >= 15 is 0 Å². The summed E-state index contributed by atoms with van der Waals surface area (Å²) in [5, 5.41) is 10.9. The molecule has 4 heteroatoms. The smallest absolute Gasteiger partial charge is 0.306 e. The van der Waals surface area contributed by atoms with Crippen molar-refractivity contribution in [2.45, 2.75) is 13.3 Å². The summed E-state index contributed by atoms with van der Waals surface area (Å²) in [6, 6.07) is 5.61. The van der Waals surface area contributed by atoms with Gasteiger partial charge in [0.15, 0.2) is 0 Å². The lowest BCUT2D eigenvalue weighted by atomic mass is 9.97. The Bertz CT molecular complexity index is 671. The largest absolute Gasteiger partial charge is 0.481 e. The van der Waals surface area contributed by atoms with Gasteiger partial charge in [-0.2, -0.15) is 0 Å². The van der Waals surface area contributed by atoms with Gasteiger partial charge < -0.3 is 13.9 Å². The summed E-state index contributed by atoms with van der Waals surface area (Å²) in [5.41, 5.74) is 2.41. The molecule has 1 unspecified atom stereocenters. The van der Waals surface area contributed by atoms with Gasteiger partial charge in [0.1, 0.15) is 11.2 Å². The fraction of sp³-hybridized carbons (Fsp3) is 0.214. The average Bonchev–Trinajstić information content (AvgIpc) is 2.95. The van der Waals surface area contributed by atoms with Crippen LogP contribution < -0.4 is 0 Å². The van der Waals surface area contributed by atoms with E-state index in [2.05, 4.69) is 0 Å². The van der Waals surface area contributed by atoms with Crippen molar-refractivity contribution in [2.24, 2.45) is 5.92 Å². The van der Waals surface area contributed by atoms with E-state index < -0.39 is 11.9 Å². The Labute approximate surface area is 103 Å². The maximum absolute atomic E-state index is 11.0. The standard InChI is InChI=1S/C14H12O4/c1-8(14(15)16)6-11-10-3-5-17-12(10)7-9-2-4-18-13(9)11/h2-5,7-8H,6H2,1H3,(H,15,16). The Morgan fingerprint density at radius 1 is 1.33 bits per heavy atom. The van der Waals surface area contributed by atoms with Crippen LogP contribution in [-0.2, 0) is 11.2 Å². The molecule has 0 spiro atoms. The normalized spacial score (nSPS) is 13.2. The van der Waals surface area contributed by atoms with E-state index in [0.717, 1.165) is 27.5 Å². The van der Waals surface area contributed by atoms with E-state index in [0.29, 0.717) is 6.42 Å². The first-order chi connectivity index (χ1) is 8.66. The molecule has 4 nitrogen and oxygen atoms in total. The number of hydrogen-bond acceptors (Lipinski definition) is 3. The third kappa shape index (κ3) is 1.57. The van der Waals surface area contributed by atoms with E-state index in [4.69, 9.17) is 13.9 Å². The van der Waals surface area contributed by atoms with Gasteiger partial charge in [-0.3, -0.25) is 4.79 Å². The molecule has 3 aromatic rings. The molecular formula is C14H12O4. The number of carboxylic acids is 1. The summed E-state index contributed by atoms with van der Waals surface area (Å²) in [7, 11) is 0. The number of carboxylic acid groups (broad SMARTS) is 1. The number of aliphatic carboxylic acids is 1. The van der Waals surface area contributed by atoms with Crippen molar-refractivity contribution in [1.29, 1.82) is 0 Å². The van der Waals surface area contributed by atoms with Gasteiger partial charge >= 0.3 is 5.97 Å². The van der Waals surface area contributed by atoms with Crippen molar-refractivity contribution in [3.8, 4) is 0 Å². The molecular weight excluding hydrogens is 232 g/mol. The number of benzene rings is 1. The van der Waals surface area contributed by atoms with Crippen LogP contribution in [0.1, 0.15) is 12.5 Å². The van der Waals surface area contributed by atoms with E-state index in [-0.39, 0.29) is 0 Å². The van der Waals surface area contributed by atoms with Gasteiger partial charge in [-0.1, -0.05) is 6.92 Å². The zero-order valence-corrected chi connectivity index (χ0v) is 9.84. The highest BCUT2D eigenvalue weighted by Crippen LogP contribution is 2.31. The molecule has 0 bridgehead atoms. The lowest BCUT2D eigenvalue weighted by Gasteiger charge is -2.08. The second-order valence-electron chi connectivity index (χ2n) is 4.47. The van der Waals surface area contributed by atoms with Crippen LogP contribution in [-0.4, -0.2) is 11.1 Å². The molecule has 0 fully saturated rings. The second-order valence-corrected chi connectivity index (χ2v) is 4.47. The van der Waals surface area contributed by atoms with E-state index in [1.54, 1.807) is 19.5 Å². The molecule has 0 saturated carbocycles. The van der Waals surface area contributed by atoms with Gasteiger partial charge in [-0.25, -0.2) is 0 Å². The van der Waals surface area contributed by atoms with Gasteiger partial charge in [0, 0.05) is 16.3 Å². The first-order valence-corrected chi connectivity index (χ1v) is 5.76. The zero-order chi connectivity index (χ0) is 12.7. The third-order valence-corrected chi connectivity index (χ3v) is 3.21. The van der Waals surface area contributed by atoms with Crippen LogP contribution in [0.3, 0.4) is 0 Å². The van der Waals surface area contributed by atoms with Crippen LogP contribution in [0.25, 0.3) is 21.9 Å². The summed E-state index contributed by atoms with van der Waals surface area (Å²) >= 11 is 0. The summed E-state index contributed by atoms with van der Waals surface area (Å²) in [5.74, 6) is -1.27. The monoisotopic (exact) mass is 244 g/mol. The molecule has 2 aromatic heterocycles. The molecule has 92 valence electrons. The molecule has 1 N–H and O–H groups in total. The molecule has 0 radical (unpaired) electrons. The Morgan fingerprint density at radius 3 is 2.89 bits per heavy atom. The van der Waals surface area contributed by atoms with Crippen LogP contribution in [0.15, 0.2) is 39.6 Å². The number of carbonyl (C=O) groups is 1. The molecule has 3 rings (SSSR count). The second kappa shape index (κ2) is 3.91. The summed E-state index contributed by atoms with van der Waals surface area (Å²) < 4.78 is 10.9. The Kier molecular flexibility index (Phi) is 2.37. The Hall–Kier alpha value is -2.23. The van der Waals surface area contributed by atoms with Gasteiger partial charge in [0.25, 0.3) is 0 Å². The number of hydrogen-bond donors (Lipinski definition) is 1. The lowest BCUT2D eigenvalue weighted by molar-refractivity contribution is -0.141. The molecule has 0 aliphatic rings.